The number of nitrogens with two attached hydrogens (primary N) is 2. The van der Waals surface area contributed by atoms with E-state index in [0.29, 0.717) is 0 Å². The van der Waals surface area contributed by atoms with Crippen LogP contribution in [-0.4, -0.2) is 32.7 Å². The normalized spacial score (nSPS) is 10.9. The van der Waals surface area contributed by atoms with Crippen LogP contribution >= 0.6 is 0 Å². The van der Waals surface area contributed by atoms with Crippen molar-refractivity contribution < 1.29 is 19.1 Å². The Morgan fingerprint density at radius 2 is 1.55 bits per heavy atom. The molecule has 2 aromatic heterocycles. The molecular weight excluding hydrogens is 398 g/mol. The summed E-state index contributed by atoms with van der Waals surface area (Å²) in [6, 6.07) is 14.1. The minimum atomic E-state index is -0.934. The highest BCUT2D eigenvalue weighted by Crippen LogP contribution is 2.34. The van der Waals surface area contributed by atoms with Crippen molar-refractivity contribution >= 4 is 34.0 Å². The first kappa shape index (κ1) is 21.6. The van der Waals surface area contributed by atoms with E-state index in [1.54, 1.807) is 33.2 Å². The molecule has 0 spiro atoms. The van der Waals surface area contributed by atoms with Gasteiger partial charge in [-0.3, -0.25) is 0 Å². The van der Waals surface area contributed by atoms with Crippen LogP contribution in [0.15, 0.2) is 54.9 Å². The molecular formula is C22H23N5O4. The number of hydrogen-bond donors (Lipinski definition) is 3. The van der Waals surface area contributed by atoms with Crippen LogP contribution in [0.5, 0.6) is 6.01 Å². The van der Waals surface area contributed by atoms with E-state index < -0.39 is 17.8 Å². The van der Waals surface area contributed by atoms with Crippen molar-refractivity contribution in [2.45, 2.75) is 26.4 Å². The summed E-state index contributed by atoms with van der Waals surface area (Å²) in [6.07, 6.45) is 1.57. The van der Waals surface area contributed by atoms with Crippen LogP contribution in [0.2, 0.25) is 0 Å². The van der Waals surface area contributed by atoms with E-state index in [-0.39, 0.29) is 6.01 Å². The maximum atomic E-state index is 10.7. The van der Waals surface area contributed by atoms with E-state index in [1.807, 2.05) is 36.4 Å². The molecule has 4 rings (SSSR count). The zero-order chi connectivity index (χ0) is 22.6. The van der Waals surface area contributed by atoms with Crippen LogP contribution in [0, 0.1) is 0 Å². The summed E-state index contributed by atoms with van der Waals surface area (Å²) in [7, 11) is 0. The molecule has 2 amide bonds. The van der Waals surface area contributed by atoms with Gasteiger partial charge in [0.05, 0.1) is 0 Å². The predicted octanol–water partition coefficient (Wildman–Crippen LogP) is 4.12. The Bertz CT molecular complexity index is 1230. The number of ether oxygens (including phenoxy) is 2. The summed E-state index contributed by atoms with van der Waals surface area (Å²) in [5.74, 6) is 0. The fourth-order valence-corrected chi connectivity index (χ4v) is 3.04. The first-order valence-electron chi connectivity index (χ1n) is 9.41. The maximum Gasteiger partial charge on any atom is 0.412 e. The fraction of sp³-hybridized carbons (Fsp3) is 0.182. The van der Waals surface area contributed by atoms with Crippen LogP contribution in [-0.2, 0) is 4.74 Å². The van der Waals surface area contributed by atoms with E-state index >= 15 is 0 Å². The third-order valence-electron chi connectivity index (χ3n) is 4.07. The second-order valence-electron chi connectivity index (χ2n) is 7.61. The van der Waals surface area contributed by atoms with Gasteiger partial charge >= 0.3 is 18.2 Å². The summed E-state index contributed by atoms with van der Waals surface area (Å²) < 4.78 is 9.23. The van der Waals surface area contributed by atoms with Crippen molar-refractivity contribution in [3.05, 3.63) is 54.9 Å². The highest BCUT2D eigenvalue weighted by atomic mass is 16.6. The van der Waals surface area contributed by atoms with Gasteiger partial charge in [-0.05, 0) is 38.5 Å². The summed E-state index contributed by atoms with van der Waals surface area (Å²) in [5, 5.41) is 2.24. The summed E-state index contributed by atoms with van der Waals surface area (Å²) in [4.78, 5) is 32.2. The molecule has 2 aromatic carbocycles. The van der Waals surface area contributed by atoms with Crippen molar-refractivity contribution in [3.8, 4) is 17.1 Å². The number of nitrogens with zero attached hydrogens (tertiary/aromatic N) is 2. The van der Waals surface area contributed by atoms with E-state index in [0.717, 1.165) is 32.9 Å². The molecule has 5 N–H and O–H groups in total. The molecule has 0 radical (unpaired) electrons. The SMILES string of the molecule is CC(C)(C)OC(N)=O.NC(=O)Oc1ncc(-c2cccc3[nH]c4ccccc4c23)cn1. The number of primary amides is 2. The number of carbonyl (C=O) groups is 2. The largest absolute Gasteiger partial charge is 0.444 e. The van der Waals surface area contributed by atoms with Crippen molar-refractivity contribution in [3.63, 3.8) is 0 Å². The average Bonchev–Trinajstić information content (AvgIpc) is 3.05. The second kappa shape index (κ2) is 8.70. The van der Waals surface area contributed by atoms with E-state index in [9.17, 15) is 9.59 Å². The quantitative estimate of drug-likeness (QED) is 0.444. The molecule has 0 fully saturated rings. The van der Waals surface area contributed by atoms with Crippen LogP contribution < -0.4 is 16.2 Å². The highest BCUT2D eigenvalue weighted by molar-refractivity contribution is 6.14. The lowest BCUT2D eigenvalue weighted by atomic mass is 10.0. The zero-order valence-electron chi connectivity index (χ0n) is 17.4. The zero-order valence-corrected chi connectivity index (χ0v) is 17.4. The van der Waals surface area contributed by atoms with Gasteiger partial charge in [0.25, 0.3) is 0 Å². The van der Waals surface area contributed by atoms with Crippen LogP contribution in [0.1, 0.15) is 20.8 Å². The number of benzene rings is 2. The third kappa shape index (κ3) is 5.47. The topological polar surface area (TPSA) is 146 Å². The molecule has 0 saturated carbocycles. The van der Waals surface area contributed by atoms with Crippen LogP contribution in [0.25, 0.3) is 32.9 Å². The third-order valence-corrected chi connectivity index (χ3v) is 4.07. The van der Waals surface area contributed by atoms with Gasteiger partial charge in [0.15, 0.2) is 0 Å². The minimum absolute atomic E-state index is 0.0626. The van der Waals surface area contributed by atoms with E-state index in [2.05, 4.69) is 30.5 Å². The number of carbonyl (C=O) groups excluding carboxylic acids is 2. The number of aromatic nitrogens is 3. The molecule has 0 saturated heterocycles. The standard InChI is InChI=1S/C17H12N4O2.C5H11NO2/c18-16(22)23-17-19-8-10(9-20-17)11-5-3-7-14-15(11)12-4-1-2-6-13(12)21-14;1-5(2,3)8-4(6)7/h1-9,21H,(H2,18,22);1-3H3,(H2,6,7). The number of aromatic amines is 1. The maximum absolute atomic E-state index is 10.7. The predicted molar refractivity (Wildman–Crippen MR) is 117 cm³/mol. The van der Waals surface area contributed by atoms with Gasteiger partial charge in [0.2, 0.25) is 0 Å². The molecule has 31 heavy (non-hydrogen) atoms. The lowest BCUT2D eigenvalue weighted by molar-refractivity contribution is 0.0600. The average molecular weight is 421 g/mol. The van der Waals surface area contributed by atoms with Gasteiger partial charge in [0.1, 0.15) is 5.60 Å². The molecule has 4 aromatic rings. The molecule has 0 aliphatic carbocycles. The number of H-pyrrole nitrogens is 1. The minimum Gasteiger partial charge on any atom is -0.444 e. The van der Waals surface area contributed by atoms with Crippen LogP contribution in [0.3, 0.4) is 0 Å². The van der Waals surface area contributed by atoms with Gasteiger partial charge in [0, 0.05) is 39.8 Å². The molecule has 9 heteroatoms. The van der Waals surface area contributed by atoms with Gasteiger partial charge < -0.3 is 25.9 Å². The Balaban J connectivity index is 0.000000293. The first-order valence-corrected chi connectivity index (χ1v) is 9.41. The Hall–Kier alpha value is -4.14. The van der Waals surface area contributed by atoms with Crippen molar-refractivity contribution in [2.75, 3.05) is 0 Å². The molecule has 0 aliphatic rings. The van der Waals surface area contributed by atoms with Crippen LogP contribution in [0.4, 0.5) is 9.59 Å². The van der Waals surface area contributed by atoms with Crippen molar-refractivity contribution in [2.24, 2.45) is 11.5 Å². The molecule has 9 nitrogen and oxygen atoms in total. The smallest absolute Gasteiger partial charge is 0.412 e. The molecule has 0 unspecified atom stereocenters. The second-order valence-corrected chi connectivity index (χ2v) is 7.61. The Morgan fingerprint density at radius 1 is 0.903 bits per heavy atom. The summed E-state index contributed by atoms with van der Waals surface area (Å²) in [5.41, 5.74) is 13.2. The highest BCUT2D eigenvalue weighted by Gasteiger charge is 2.13. The van der Waals surface area contributed by atoms with Crippen molar-refractivity contribution in [1.82, 2.24) is 15.0 Å². The molecule has 2 heterocycles. The number of para-hydroxylation sites is 1. The number of rotatable bonds is 2. The molecule has 0 atom stereocenters. The van der Waals surface area contributed by atoms with Gasteiger partial charge in [-0.15, -0.1) is 0 Å². The van der Waals surface area contributed by atoms with E-state index in [1.165, 1.54) is 0 Å². The number of nitrogens with one attached hydrogen (secondary N) is 1. The Kier molecular flexibility index (Phi) is 6.05. The lowest BCUT2D eigenvalue weighted by Gasteiger charge is -2.16. The number of fused-ring (bicyclic) bond motifs is 3. The molecule has 0 aliphatic heterocycles. The monoisotopic (exact) mass is 421 g/mol. The molecule has 0 bridgehead atoms. The summed E-state index contributed by atoms with van der Waals surface area (Å²) >= 11 is 0. The number of hydrogen-bond acceptors (Lipinski definition) is 6. The Labute approximate surface area is 178 Å². The number of amides is 2. The lowest BCUT2D eigenvalue weighted by Crippen LogP contribution is -2.27. The van der Waals surface area contributed by atoms with Gasteiger partial charge in [-0.1, -0.05) is 30.3 Å². The van der Waals surface area contributed by atoms with Gasteiger partial charge in [-0.2, -0.15) is 0 Å². The summed E-state index contributed by atoms with van der Waals surface area (Å²) in [6.45, 7) is 5.28. The van der Waals surface area contributed by atoms with E-state index in [4.69, 9.17) is 11.5 Å². The molecule has 160 valence electrons. The first-order chi connectivity index (χ1) is 14.6. The van der Waals surface area contributed by atoms with Crippen molar-refractivity contribution in [1.29, 1.82) is 0 Å². The Morgan fingerprint density at radius 3 is 2.13 bits per heavy atom. The fourth-order valence-electron chi connectivity index (χ4n) is 3.04. The van der Waals surface area contributed by atoms with Gasteiger partial charge in [-0.25, -0.2) is 19.6 Å².